The van der Waals surface area contributed by atoms with E-state index < -0.39 is 16.0 Å². The lowest BCUT2D eigenvalue weighted by molar-refractivity contribution is 0.0600. The van der Waals surface area contributed by atoms with Crippen molar-refractivity contribution in [3.63, 3.8) is 0 Å². The molecule has 2 fully saturated rings. The number of esters is 1. The van der Waals surface area contributed by atoms with Crippen molar-refractivity contribution < 1.29 is 22.7 Å². The smallest absolute Gasteiger partial charge is 0.339 e. The maximum Gasteiger partial charge on any atom is 0.339 e. The van der Waals surface area contributed by atoms with Crippen LogP contribution in [-0.4, -0.2) is 63.1 Å². The van der Waals surface area contributed by atoms with Crippen LogP contribution in [0.1, 0.15) is 23.2 Å². The molecule has 2 heterocycles. The first-order chi connectivity index (χ1) is 11.0. The number of hydrogen-bond acceptors (Lipinski definition) is 7. The van der Waals surface area contributed by atoms with Gasteiger partial charge in [0.25, 0.3) is 0 Å². The number of rotatable bonds is 5. The van der Waals surface area contributed by atoms with Gasteiger partial charge in [0, 0.05) is 25.3 Å². The van der Waals surface area contributed by atoms with Crippen LogP contribution < -0.4 is 5.32 Å². The van der Waals surface area contributed by atoms with Crippen LogP contribution in [0.4, 0.5) is 5.82 Å². The van der Waals surface area contributed by atoms with Gasteiger partial charge >= 0.3 is 5.97 Å². The molecule has 1 aromatic heterocycles. The quantitative estimate of drug-likeness (QED) is 0.777. The molecule has 1 saturated carbocycles. The number of pyridine rings is 1. The zero-order chi connectivity index (χ0) is 16.4. The highest BCUT2D eigenvalue weighted by molar-refractivity contribution is 7.89. The standard InChI is InChI=1S/C14H19N3O5S/c1-21-14(18)10-8-12(13(15-9-10)16-11-2-3-11)23(19,20)17-4-6-22-7-5-17/h8-9,11H,2-7H2,1H3,(H,15,16). The number of hydrogen-bond donors (Lipinski definition) is 1. The van der Waals surface area contributed by atoms with E-state index in [1.807, 2.05) is 0 Å². The summed E-state index contributed by atoms with van der Waals surface area (Å²) in [7, 11) is -2.51. The Morgan fingerprint density at radius 1 is 1.39 bits per heavy atom. The molecule has 0 atom stereocenters. The molecule has 0 amide bonds. The Labute approximate surface area is 134 Å². The second-order valence-electron chi connectivity index (χ2n) is 5.50. The van der Waals surface area contributed by atoms with E-state index in [0.29, 0.717) is 13.2 Å². The number of ether oxygens (including phenoxy) is 2. The summed E-state index contributed by atoms with van der Waals surface area (Å²) in [6.45, 7) is 1.28. The average molecular weight is 341 g/mol. The van der Waals surface area contributed by atoms with Gasteiger partial charge in [0.2, 0.25) is 10.0 Å². The third kappa shape index (κ3) is 3.46. The van der Waals surface area contributed by atoms with E-state index in [4.69, 9.17) is 4.74 Å². The molecule has 0 radical (unpaired) electrons. The summed E-state index contributed by atoms with van der Waals surface area (Å²) in [6, 6.07) is 1.57. The van der Waals surface area contributed by atoms with E-state index in [1.54, 1.807) is 0 Å². The molecule has 0 unspecified atom stereocenters. The van der Waals surface area contributed by atoms with Gasteiger partial charge in [-0.25, -0.2) is 18.2 Å². The van der Waals surface area contributed by atoms with Crippen molar-refractivity contribution in [2.75, 3.05) is 38.7 Å². The SMILES string of the molecule is COC(=O)c1cnc(NC2CC2)c(S(=O)(=O)N2CCOCC2)c1. The van der Waals surface area contributed by atoms with E-state index in [1.165, 1.54) is 23.7 Å². The third-order valence-corrected chi connectivity index (χ3v) is 5.69. The van der Waals surface area contributed by atoms with Crippen LogP contribution in [0.25, 0.3) is 0 Å². The number of nitrogens with one attached hydrogen (secondary N) is 1. The fourth-order valence-corrected chi connectivity index (χ4v) is 3.87. The van der Waals surface area contributed by atoms with Crippen LogP contribution in [0.2, 0.25) is 0 Å². The Bertz CT molecular complexity index is 696. The summed E-state index contributed by atoms with van der Waals surface area (Å²) in [6.07, 6.45) is 3.30. The Kier molecular flexibility index (Phi) is 4.51. The summed E-state index contributed by atoms with van der Waals surface area (Å²) in [5.41, 5.74) is 0.112. The predicted octanol–water partition coefficient (Wildman–Crippen LogP) is 0.463. The molecule has 2 aliphatic rings. The molecule has 126 valence electrons. The van der Waals surface area contributed by atoms with Crippen LogP contribution in [0.3, 0.4) is 0 Å². The van der Waals surface area contributed by atoms with Crippen LogP contribution in [0.15, 0.2) is 17.2 Å². The fourth-order valence-electron chi connectivity index (χ4n) is 2.33. The second kappa shape index (κ2) is 6.42. The van der Waals surface area contributed by atoms with Gasteiger partial charge in [0.1, 0.15) is 10.7 Å². The number of morpholine rings is 1. The second-order valence-corrected chi connectivity index (χ2v) is 7.40. The predicted molar refractivity (Wildman–Crippen MR) is 81.8 cm³/mol. The lowest BCUT2D eigenvalue weighted by Crippen LogP contribution is -2.41. The fraction of sp³-hybridized carbons (Fsp3) is 0.571. The zero-order valence-corrected chi connectivity index (χ0v) is 13.6. The van der Waals surface area contributed by atoms with Crippen molar-refractivity contribution in [1.82, 2.24) is 9.29 Å². The molecule has 8 nitrogen and oxygen atoms in total. The highest BCUT2D eigenvalue weighted by Crippen LogP contribution is 2.30. The van der Waals surface area contributed by atoms with Gasteiger partial charge in [0.15, 0.2) is 0 Å². The zero-order valence-electron chi connectivity index (χ0n) is 12.8. The van der Waals surface area contributed by atoms with Gasteiger partial charge in [-0.3, -0.25) is 0 Å². The van der Waals surface area contributed by atoms with E-state index in [-0.39, 0.29) is 35.4 Å². The topological polar surface area (TPSA) is 97.8 Å². The van der Waals surface area contributed by atoms with Gasteiger partial charge in [-0.2, -0.15) is 4.31 Å². The summed E-state index contributed by atoms with van der Waals surface area (Å²) >= 11 is 0. The van der Waals surface area contributed by atoms with Crippen LogP contribution >= 0.6 is 0 Å². The molecular formula is C14H19N3O5S. The number of aromatic nitrogens is 1. The maximum absolute atomic E-state index is 12.9. The molecule has 1 aliphatic carbocycles. The van der Waals surface area contributed by atoms with Crippen LogP contribution in [0, 0.1) is 0 Å². The number of sulfonamides is 1. The van der Waals surface area contributed by atoms with Gasteiger partial charge in [-0.15, -0.1) is 0 Å². The molecule has 1 aliphatic heterocycles. The van der Waals surface area contributed by atoms with E-state index in [2.05, 4.69) is 15.0 Å². The Hall–Kier alpha value is -1.71. The van der Waals surface area contributed by atoms with Gasteiger partial charge in [-0.1, -0.05) is 0 Å². The van der Waals surface area contributed by atoms with Gasteiger partial charge < -0.3 is 14.8 Å². The van der Waals surface area contributed by atoms with Crippen molar-refractivity contribution in [1.29, 1.82) is 0 Å². The molecule has 23 heavy (non-hydrogen) atoms. The first-order valence-corrected chi connectivity index (χ1v) is 8.89. The molecular weight excluding hydrogens is 322 g/mol. The minimum absolute atomic E-state index is 0.00852. The first kappa shape index (κ1) is 16.2. The molecule has 1 N–H and O–H groups in total. The average Bonchev–Trinajstić information content (AvgIpc) is 3.39. The highest BCUT2D eigenvalue weighted by atomic mass is 32.2. The molecule has 0 spiro atoms. The molecule has 0 aromatic carbocycles. The van der Waals surface area contributed by atoms with E-state index in [9.17, 15) is 13.2 Å². The Morgan fingerprint density at radius 2 is 2.09 bits per heavy atom. The number of nitrogens with zero attached hydrogens (tertiary/aromatic N) is 2. The minimum Gasteiger partial charge on any atom is -0.465 e. The Morgan fingerprint density at radius 3 is 2.70 bits per heavy atom. The summed E-state index contributed by atoms with van der Waals surface area (Å²) in [5, 5.41) is 3.11. The molecule has 1 aromatic rings. The van der Waals surface area contributed by atoms with Gasteiger partial charge in [-0.05, 0) is 18.9 Å². The lowest BCUT2D eigenvalue weighted by Gasteiger charge is -2.27. The minimum atomic E-state index is -3.75. The first-order valence-electron chi connectivity index (χ1n) is 7.45. The van der Waals surface area contributed by atoms with Crippen molar-refractivity contribution in [2.24, 2.45) is 0 Å². The monoisotopic (exact) mass is 341 g/mol. The normalized spacial score (nSPS) is 19.3. The van der Waals surface area contributed by atoms with Crippen LogP contribution in [-0.2, 0) is 19.5 Å². The van der Waals surface area contributed by atoms with E-state index >= 15 is 0 Å². The summed E-state index contributed by atoms with van der Waals surface area (Å²) < 4.78 is 37.0. The molecule has 3 rings (SSSR count). The maximum atomic E-state index is 12.9. The number of carbonyl (C=O) groups excluding carboxylic acids is 1. The van der Waals surface area contributed by atoms with Crippen molar-refractivity contribution in [3.8, 4) is 0 Å². The Balaban J connectivity index is 2.00. The van der Waals surface area contributed by atoms with E-state index in [0.717, 1.165) is 12.8 Å². The highest BCUT2D eigenvalue weighted by Gasteiger charge is 2.32. The van der Waals surface area contributed by atoms with Crippen molar-refractivity contribution in [3.05, 3.63) is 17.8 Å². The van der Waals surface area contributed by atoms with Gasteiger partial charge in [0.05, 0.1) is 25.9 Å². The molecule has 9 heteroatoms. The molecule has 1 saturated heterocycles. The number of anilines is 1. The largest absolute Gasteiger partial charge is 0.465 e. The van der Waals surface area contributed by atoms with Crippen molar-refractivity contribution in [2.45, 2.75) is 23.8 Å². The summed E-state index contributed by atoms with van der Waals surface area (Å²) in [4.78, 5) is 15.9. The number of carbonyl (C=O) groups is 1. The van der Waals surface area contributed by atoms with Crippen molar-refractivity contribution >= 4 is 21.8 Å². The molecule has 0 bridgehead atoms. The number of methoxy groups -OCH3 is 1. The summed E-state index contributed by atoms with van der Waals surface area (Å²) in [5.74, 6) is -0.333. The van der Waals surface area contributed by atoms with Crippen LogP contribution in [0.5, 0.6) is 0 Å². The third-order valence-electron chi connectivity index (χ3n) is 3.78. The lowest BCUT2D eigenvalue weighted by atomic mass is 10.3.